The lowest BCUT2D eigenvalue weighted by Gasteiger charge is -2.01. The maximum atomic E-state index is 12.6. The number of aromatic nitrogens is 3. The Morgan fingerprint density at radius 1 is 0.955 bits per heavy atom. The number of terminal acetylenes is 1. The van der Waals surface area contributed by atoms with Crippen LogP contribution in [-0.2, 0) is 6.18 Å². The van der Waals surface area contributed by atoms with Crippen molar-refractivity contribution in [1.82, 2.24) is 15.0 Å². The maximum absolute atomic E-state index is 12.6. The number of alkyl halides is 3. The van der Waals surface area contributed by atoms with Crippen LogP contribution < -0.4 is 0 Å². The molecule has 0 unspecified atom stereocenters. The van der Waals surface area contributed by atoms with Crippen molar-refractivity contribution in [3.8, 4) is 33.7 Å². The van der Waals surface area contributed by atoms with E-state index in [2.05, 4.69) is 20.9 Å². The Balaban J connectivity index is 1.98. The molecular weight excluding hydrogens is 331 g/mol. The molecule has 0 spiro atoms. The van der Waals surface area contributed by atoms with Crippen LogP contribution in [0.4, 0.5) is 13.2 Å². The molecule has 0 bridgehead atoms. The van der Waals surface area contributed by atoms with E-state index < -0.39 is 11.9 Å². The molecule has 0 aliphatic carbocycles. The van der Waals surface area contributed by atoms with Crippen LogP contribution in [0.5, 0.6) is 0 Å². The number of pyridine rings is 1. The Bertz CT molecular complexity index is 859. The Kier molecular flexibility index (Phi) is 3.68. The third kappa shape index (κ3) is 2.86. The molecule has 3 nitrogen and oxygen atoms in total. The SMILES string of the molecule is C#Cc1csc(-c2cccc(-c3nc(C(F)(F)F)cs3)n2)n1. The molecule has 0 aromatic carbocycles. The van der Waals surface area contributed by atoms with Gasteiger partial charge in [0.2, 0.25) is 0 Å². The molecule has 0 aliphatic rings. The second-order valence-electron chi connectivity index (χ2n) is 4.13. The summed E-state index contributed by atoms with van der Waals surface area (Å²) >= 11 is 2.23. The van der Waals surface area contributed by atoms with E-state index in [1.807, 2.05) is 0 Å². The molecule has 0 atom stereocenters. The van der Waals surface area contributed by atoms with E-state index in [1.54, 1.807) is 23.6 Å². The first-order valence-corrected chi connectivity index (χ1v) is 7.66. The van der Waals surface area contributed by atoms with Crippen molar-refractivity contribution in [3.63, 3.8) is 0 Å². The lowest BCUT2D eigenvalue weighted by Crippen LogP contribution is -2.04. The van der Waals surface area contributed by atoms with Crippen LogP contribution in [0.25, 0.3) is 21.4 Å². The molecule has 22 heavy (non-hydrogen) atoms. The van der Waals surface area contributed by atoms with Crippen molar-refractivity contribution in [2.45, 2.75) is 6.18 Å². The number of thiazole rings is 2. The summed E-state index contributed by atoms with van der Waals surface area (Å²) in [6.45, 7) is 0. The number of nitrogens with zero attached hydrogens (tertiary/aromatic N) is 3. The normalized spacial score (nSPS) is 11.4. The van der Waals surface area contributed by atoms with Gasteiger partial charge >= 0.3 is 6.18 Å². The highest BCUT2D eigenvalue weighted by Crippen LogP contribution is 2.33. The van der Waals surface area contributed by atoms with E-state index in [0.717, 1.165) is 16.7 Å². The van der Waals surface area contributed by atoms with Gasteiger partial charge in [0, 0.05) is 10.8 Å². The highest BCUT2D eigenvalue weighted by Gasteiger charge is 2.33. The molecule has 110 valence electrons. The predicted molar refractivity (Wildman–Crippen MR) is 79.4 cm³/mol. The van der Waals surface area contributed by atoms with Crippen LogP contribution in [0.1, 0.15) is 11.4 Å². The van der Waals surface area contributed by atoms with Crippen molar-refractivity contribution in [2.24, 2.45) is 0 Å². The van der Waals surface area contributed by atoms with Gasteiger partial charge in [0.25, 0.3) is 0 Å². The molecule has 0 aliphatic heterocycles. The van der Waals surface area contributed by atoms with Gasteiger partial charge in [-0.05, 0) is 18.1 Å². The molecule has 3 aromatic rings. The average Bonchev–Trinajstić information content (AvgIpc) is 3.16. The zero-order valence-electron chi connectivity index (χ0n) is 10.8. The van der Waals surface area contributed by atoms with E-state index in [0.29, 0.717) is 22.1 Å². The number of halogens is 3. The first kappa shape index (κ1) is 14.7. The molecule has 3 aromatic heterocycles. The highest BCUT2D eigenvalue weighted by atomic mass is 32.1. The van der Waals surface area contributed by atoms with Gasteiger partial charge in [-0.25, -0.2) is 15.0 Å². The Hall–Kier alpha value is -2.24. The molecule has 0 amide bonds. The van der Waals surface area contributed by atoms with Crippen LogP contribution >= 0.6 is 22.7 Å². The summed E-state index contributed by atoms with van der Waals surface area (Å²) in [6.07, 6.45) is 0.810. The van der Waals surface area contributed by atoms with Crippen molar-refractivity contribution in [1.29, 1.82) is 0 Å². The van der Waals surface area contributed by atoms with Gasteiger partial charge < -0.3 is 0 Å². The van der Waals surface area contributed by atoms with Gasteiger partial charge in [0.15, 0.2) is 5.69 Å². The van der Waals surface area contributed by atoms with E-state index in [1.165, 1.54) is 11.3 Å². The van der Waals surface area contributed by atoms with Crippen molar-refractivity contribution in [3.05, 3.63) is 40.3 Å². The van der Waals surface area contributed by atoms with Gasteiger partial charge in [-0.3, -0.25) is 0 Å². The fraction of sp³-hybridized carbons (Fsp3) is 0.0714. The quantitative estimate of drug-likeness (QED) is 0.653. The van der Waals surface area contributed by atoms with Crippen LogP contribution in [0, 0.1) is 12.3 Å². The summed E-state index contributed by atoms with van der Waals surface area (Å²) in [5.41, 5.74) is 0.507. The van der Waals surface area contributed by atoms with Crippen LogP contribution in [0.2, 0.25) is 0 Å². The van der Waals surface area contributed by atoms with Crippen molar-refractivity contribution >= 4 is 22.7 Å². The Labute approximate surface area is 131 Å². The van der Waals surface area contributed by atoms with E-state index in [9.17, 15) is 13.2 Å². The summed E-state index contributed by atoms with van der Waals surface area (Å²) in [4.78, 5) is 12.1. The van der Waals surface area contributed by atoms with Gasteiger partial charge in [0.1, 0.15) is 15.7 Å². The number of rotatable bonds is 2. The molecule has 3 rings (SSSR count). The summed E-state index contributed by atoms with van der Waals surface area (Å²) in [7, 11) is 0. The molecule has 0 N–H and O–H groups in total. The minimum absolute atomic E-state index is 0.211. The van der Waals surface area contributed by atoms with Gasteiger partial charge in [0.05, 0.1) is 11.4 Å². The number of hydrogen-bond donors (Lipinski definition) is 0. The summed E-state index contributed by atoms with van der Waals surface area (Å²) in [5, 5.41) is 3.52. The molecule has 0 fully saturated rings. The number of hydrogen-bond acceptors (Lipinski definition) is 5. The smallest absolute Gasteiger partial charge is 0.243 e. The fourth-order valence-corrected chi connectivity index (χ4v) is 3.18. The van der Waals surface area contributed by atoms with Gasteiger partial charge in [-0.15, -0.1) is 29.1 Å². The standard InChI is InChI=1S/C14H6F3N3S2/c1-2-8-6-21-12(18-8)9-4-3-5-10(19-9)13-20-11(7-22-13)14(15,16)17/h1,3-7H. The molecule has 0 saturated carbocycles. The lowest BCUT2D eigenvalue weighted by molar-refractivity contribution is -0.140. The molecular formula is C14H6F3N3S2. The largest absolute Gasteiger partial charge is 0.434 e. The van der Waals surface area contributed by atoms with Crippen LogP contribution in [0.3, 0.4) is 0 Å². The summed E-state index contributed by atoms with van der Waals surface area (Å²) in [5.74, 6) is 2.42. The van der Waals surface area contributed by atoms with E-state index in [4.69, 9.17) is 6.42 Å². The zero-order valence-corrected chi connectivity index (χ0v) is 12.4. The van der Waals surface area contributed by atoms with Gasteiger partial charge in [-0.1, -0.05) is 6.07 Å². The fourth-order valence-electron chi connectivity index (χ4n) is 1.65. The summed E-state index contributed by atoms with van der Waals surface area (Å²) in [6, 6.07) is 5.03. The first-order valence-electron chi connectivity index (χ1n) is 5.90. The Morgan fingerprint density at radius 2 is 1.59 bits per heavy atom. The molecule has 0 saturated heterocycles. The second kappa shape index (κ2) is 5.51. The topological polar surface area (TPSA) is 38.7 Å². The maximum Gasteiger partial charge on any atom is 0.434 e. The van der Waals surface area contributed by atoms with Crippen molar-refractivity contribution in [2.75, 3.05) is 0 Å². The zero-order chi connectivity index (χ0) is 15.7. The first-order chi connectivity index (χ1) is 10.5. The molecule has 8 heteroatoms. The van der Waals surface area contributed by atoms with Crippen LogP contribution in [0.15, 0.2) is 29.0 Å². The second-order valence-corrected chi connectivity index (χ2v) is 5.84. The third-order valence-electron chi connectivity index (χ3n) is 2.63. The van der Waals surface area contributed by atoms with Crippen molar-refractivity contribution < 1.29 is 13.2 Å². The van der Waals surface area contributed by atoms with E-state index >= 15 is 0 Å². The molecule has 0 radical (unpaired) electrons. The third-order valence-corrected chi connectivity index (χ3v) is 4.36. The van der Waals surface area contributed by atoms with Gasteiger partial charge in [-0.2, -0.15) is 13.2 Å². The summed E-state index contributed by atoms with van der Waals surface area (Å²) < 4.78 is 37.8. The van der Waals surface area contributed by atoms with Crippen LogP contribution in [-0.4, -0.2) is 15.0 Å². The minimum atomic E-state index is -4.45. The Morgan fingerprint density at radius 3 is 2.14 bits per heavy atom. The minimum Gasteiger partial charge on any atom is -0.243 e. The monoisotopic (exact) mass is 337 g/mol. The lowest BCUT2D eigenvalue weighted by atomic mass is 10.3. The highest BCUT2D eigenvalue weighted by molar-refractivity contribution is 7.13. The average molecular weight is 337 g/mol. The molecule has 3 heterocycles. The predicted octanol–water partition coefficient (Wildman–Crippen LogP) is 4.33. The van der Waals surface area contributed by atoms with E-state index in [-0.39, 0.29) is 5.01 Å².